The molecule has 0 atom stereocenters. The molecule has 1 aliphatic rings. The van der Waals surface area contributed by atoms with Crippen molar-refractivity contribution >= 4 is 17.4 Å². The van der Waals surface area contributed by atoms with Gasteiger partial charge in [0.1, 0.15) is 0 Å². The number of benzene rings is 2. The topological polar surface area (TPSA) is 65.5 Å². The summed E-state index contributed by atoms with van der Waals surface area (Å²) in [7, 11) is 2.07. The highest BCUT2D eigenvalue weighted by atomic mass is 19.3. The van der Waals surface area contributed by atoms with Gasteiger partial charge in [-0.05, 0) is 86.3 Å². The summed E-state index contributed by atoms with van der Waals surface area (Å²) in [5.74, 6) is -3.20. The Bertz CT molecular complexity index is 1360. The zero-order chi connectivity index (χ0) is 30.9. The average Bonchev–Trinajstić information content (AvgIpc) is 2.96. The van der Waals surface area contributed by atoms with Crippen molar-refractivity contribution in [3.05, 3.63) is 93.8 Å². The van der Waals surface area contributed by atoms with E-state index in [-0.39, 0.29) is 24.7 Å². The summed E-state index contributed by atoms with van der Waals surface area (Å²) in [4.78, 5) is 32.0. The molecule has 0 spiro atoms. The number of nitrogens with one attached hydrogen (secondary N) is 1. The molecular weight excluding hydrogens is 546 g/mol. The number of anilines is 1. The van der Waals surface area contributed by atoms with Gasteiger partial charge in [-0.1, -0.05) is 39.8 Å². The maximum atomic E-state index is 14.4. The quantitative estimate of drug-likeness (QED) is 0.259. The number of piperazine rings is 1. The Hall–Kier alpha value is -3.49. The molecule has 4 rings (SSSR count). The summed E-state index contributed by atoms with van der Waals surface area (Å²) in [6.07, 6.45) is 6.32. The fourth-order valence-electron chi connectivity index (χ4n) is 4.91. The third kappa shape index (κ3) is 10.6. The zero-order valence-electron chi connectivity index (χ0n) is 25.8. The molecule has 1 amide bonds. The number of rotatable bonds is 9. The molecule has 0 unspecified atom stereocenters. The van der Waals surface area contributed by atoms with Crippen molar-refractivity contribution in [2.75, 3.05) is 38.5 Å². The van der Waals surface area contributed by atoms with Crippen molar-refractivity contribution < 1.29 is 18.4 Å². The minimum Gasteiger partial charge on any atom is -0.322 e. The first-order valence-corrected chi connectivity index (χ1v) is 14.7. The van der Waals surface area contributed by atoms with Crippen LogP contribution in [0.25, 0.3) is 0 Å². The molecule has 1 N–H and O–H groups in total. The van der Waals surface area contributed by atoms with E-state index in [2.05, 4.69) is 34.1 Å². The third-order valence-electron chi connectivity index (χ3n) is 7.56. The van der Waals surface area contributed by atoms with Gasteiger partial charge in [0, 0.05) is 74.4 Å². The van der Waals surface area contributed by atoms with E-state index < -0.39 is 5.92 Å². The van der Waals surface area contributed by atoms with E-state index in [0.29, 0.717) is 28.9 Å². The van der Waals surface area contributed by atoms with Crippen molar-refractivity contribution in [3.8, 4) is 0 Å². The fourth-order valence-corrected chi connectivity index (χ4v) is 4.91. The Balaban J connectivity index is 0.000000454. The van der Waals surface area contributed by atoms with E-state index in [0.717, 1.165) is 63.5 Å². The van der Waals surface area contributed by atoms with E-state index in [9.17, 15) is 18.4 Å². The lowest BCUT2D eigenvalue weighted by Crippen LogP contribution is -2.44. The number of carbonyl (C=O) groups is 2. The van der Waals surface area contributed by atoms with E-state index in [1.54, 1.807) is 37.5 Å². The first-order chi connectivity index (χ1) is 19.9. The molecule has 8 heteroatoms. The first-order valence-electron chi connectivity index (χ1n) is 14.7. The van der Waals surface area contributed by atoms with Crippen LogP contribution in [0.2, 0.25) is 0 Å². The molecule has 43 heavy (non-hydrogen) atoms. The minimum absolute atomic E-state index is 0. The predicted octanol–water partition coefficient (Wildman–Crippen LogP) is 7.54. The van der Waals surface area contributed by atoms with Crippen LogP contribution in [0.1, 0.15) is 90.1 Å². The third-order valence-corrected chi connectivity index (χ3v) is 7.56. The molecule has 1 saturated heterocycles. The van der Waals surface area contributed by atoms with Crippen molar-refractivity contribution in [1.29, 1.82) is 0 Å². The van der Waals surface area contributed by atoms with E-state index >= 15 is 0 Å². The molecule has 0 radical (unpaired) electrons. The Morgan fingerprint density at radius 3 is 2.21 bits per heavy atom. The van der Waals surface area contributed by atoms with Gasteiger partial charge in [0.2, 0.25) is 0 Å². The molecular formula is C35H48F2N4O2. The lowest BCUT2D eigenvalue weighted by molar-refractivity contribution is 0.0155. The van der Waals surface area contributed by atoms with Crippen molar-refractivity contribution in [2.24, 2.45) is 0 Å². The number of carbonyl (C=O) groups excluding carboxylic acids is 2. The van der Waals surface area contributed by atoms with Crippen molar-refractivity contribution in [1.82, 2.24) is 14.8 Å². The molecule has 234 valence electrons. The van der Waals surface area contributed by atoms with Crippen LogP contribution in [0.3, 0.4) is 0 Å². The second-order valence-electron chi connectivity index (χ2n) is 11.2. The molecule has 0 aliphatic carbocycles. The highest BCUT2D eigenvalue weighted by Crippen LogP contribution is 2.33. The van der Waals surface area contributed by atoms with E-state index in [4.69, 9.17) is 0 Å². The molecule has 0 saturated carbocycles. The van der Waals surface area contributed by atoms with Gasteiger partial charge < -0.3 is 10.2 Å². The molecule has 1 fully saturated rings. The van der Waals surface area contributed by atoms with Crippen LogP contribution in [-0.2, 0) is 25.3 Å². The number of amides is 1. The fraction of sp³-hybridized carbons (Fsp3) is 0.457. The molecule has 2 aromatic carbocycles. The SMILES string of the molecule is C.CCCc1ccc(C(=O)Nc2ccc(CN3CCN(C)CC3)c(C(C)(F)F)c2)cc1C.CCc1cncc(C(C)=O)c1. The van der Waals surface area contributed by atoms with Crippen LogP contribution in [0.4, 0.5) is 14.5 Å². The van der Waals surface area contributed by atoms with Gasteiger partial charge in [-0.25, -0.2) is 8.78 Å². The summed E-state index contributed by atoms with van der Waals surface area (Å²) < 4.78 is 28.8. The highest BCUT2D eigenvalue weighted by Gasteiger charge is 2.29. The van der Waals surface area contributed by atoms with Gasteiger partial charge in [-0.3, -0.25) is 19.5 Å². The normalized spacial score (nSPS) is 13.9. The zero-order valence-corrected chi connectivity index (χ0v) is 25.8. The average molecular weight is 595 g/mol. The molecule has 1 aromatic heterocycles. The summed E-state index contributed by atoms with van der Waals surface area (Å²) in [6, 6.07) is 12.4. The number of aromatic nitrogens is 1. The van der Waals surface area contributed by atoms with Crippen LogP contribution >= 0.6 is 0 Å². The molecule has 6 nitrogen and oxygen atoms in total. The monoisotopic (exact) mass is 594 g/mol. The second-order valence-corrected chi connectivity index (χ2v) is 11.2. The Kier molecular flexibility index (Phi) is 13.6. The number of likely N-dealkylation sites (N-methyl/N-ethyl adjacent to an activating group) is 1. The van der Waals surface area contributed by atoms with Gasteiger partial charge in [0.15, 0.2) is 5.78 Å². The van der Waals surface area contributed by atoms with E-state index in [1.807, 2.05) is 32.0 Å². The number of Topliss-reactive ketones (excluding diaryl/α,β-unsaturated/α-hetero) is 1. The summed E-state index contributed by atoms with van der Waals surface area (Å²) in [6.45, 7) is 12.7. The number of hydrogen-bond acceptors (Lipinski definition) is 5. The number of nitrogens with zero attached hydrogens (tertiary/aromatic N) is 3. The van der Waals surface area contributed by atoms with Gasteiger partial charge in [-0.15, -0.1) is 0 Å². The van der Waals surface area contributed by atoms with E-state index in [1.165, 1.54) is 11.6 Å². The Morgan fingerprint density at radius 2 is 1.63 bits per heavy atom. The first kappa shape index (κ1) is 35.7. The molecule has 0 bridgehead atoms. The largest absolute Gasteiger partial charge is 0.322 e. The maximum Gasteiger partial charge on any atom is 0.270 e. The van der Waals surface area contributed by atoms with Crippen LogP contribution in [-0.4, -0.2) is 59.7 Å². The number of pyridine rings is 1. The van der Waals surface area contributed by atoms with Crippen LogP contribution < -0.4 is 5.32 Å². The predicted molar refractivity (Wildman–Crippen MR) is 172 cm³/mol. The van der Waals surface area contributed by atoms with Crippen LogP contribution in [0.5, 0.6) is 0 Å². The summed E-state index contributed by atoms with van der Waals surface area (Å²) >= 11 is 0. The smallest absolute Gasteiger partial charge is 0.270 e. The second kappa shape index (κ2) is 16.4. The maximum absolute atomic E-state index is 14.4. The number of halogens is 2. The van der Waals surface area contributed by atoms with Gasteiger partial charge in [0.05, 0.1) is 0 Å². The van der Waals surface area contributed by atoms with Crippen LogP contribution in [0, 0.1) is 6.92 Å². The van der Waals surface area contributed by atoms with Crippen molar-refractivity contribution in [3.63, 3.8) is 0 Å². The lowest BCUT2D eigenvalue weighted by atomic mass is 9.99. The standard InChI is InChI=1S/C25H33F2N3O.C9H11NO.CH4/c1-5-6-19-7-8-20(15-18(19)2)24(31)28-22-10-9-21(23(16-22)25(3,26)27)17-30-13-11-29(4)12-14-30;1-3-8-4-9(7(2)11)6-10-5-8;/h7-10,15-16H,5-6,11-14,17H2,1-4H3,(H,28,31);4-6H,3H2,1-2H3;1H4. The molecule has 2 heterocycles. The van der Waals surface area contributed by atoms with Gasteiger partial charge in [0.25, 0.3) is 11.8 Å². The van der Waals surface area contributed by atoms with Crippen molar-refractivity contribution in [2.45, 2.75) is 73.8 Å². The Morgan fingerprint density at radius 1 is 0.953 bits per heavy atom. The lowest BCUT2D eigenvalue weighted by Gasteiger charge is -2.33. The molecule has 3 aromatic rings. The highest BCUT2D eigenvalue weighted by molar-refractivity contribution is 6.04. The number of aryl methyl sites for hydroxylation is 3. The minimum atomic E-state index is -2.99. The van der Waals surface area contributed by atoms with Gasteiger partial charge in [-0.2, -0.15) is 0 Å². The molecule has 1 aliphatic heterocycles. The number of hydrogen-bond donors (Lipinski definition) is 1. The number of ketones is 1. The van der Waals surface area contributed by atoms with Crippen LogP contribution in [0.15, 0.2) is 54.9 Å². The van der Waals surface area contributed by atoms with Gasteiger partial charge >= 0.3 is 0 Å². The number of alkyl halides is 2. The Labute approximate surface area is 256 Å². The summed E-state index contributed by atoms with van der Waals surface area (Å²) in [5.41, 5.74) is 5.59. The summed E-state index contributed by atoms with van der Waals surface area (Å²) in [5, 5.41) is 2.79.